The number of nitro groups is 1. The van der Waals surface area contributed by atoms with Gasteiger partial charge in [-0.2, -0.15) is 5.26 Å². The Morgan fingerprint density at radius 2 is 1.96 bits per heavy atom. The molecular weight excluding hydrogens is 341 g/mol. The molecule has 23 heavy (non-hydrogen) atoms. The number of anilines is 1. The fraction of sp³-hybridized carbons (Fsp3) is 0.133. The predicted molar refractivity (Wildman–Crippen MR) is 87.7 cm³/mol. The third-order valence-electron chi connectivity index (χ3n) is 3.14. The van der Waals surface area contributed by atoms with Crippen molar-refractivity contribution in [1.82, 2.24) is 0 Å². The van der Waals surface area contributed by atoms with Gasteiger partial charge in [0.1, 0.15) is 5.69 Å². The van der Waals surface area contributed by atoms with Gasteiger partial charge < -0.3 is 10.4 Å². The molecule has 2 aromatic carbocycles. The number of nitrogens with zero attached hydrogens (tertiary/aromatic N) is 2. The molecule has 6 nitrogen and oxygen atoms in total. The highest BCUT2D eigenvalue weighted by Crippen LogP contribution is 2.31. The van der Waals surface area contributed by atoms with Gasteiger partial charge in [-0.25, -0.2) is 0 Å². The molecule has 2 N–H and O–H groups in total. The molecule has 2 aromatic rings. The van der Waals surface area contributed by atoms with Crippen LogP contribution in [0.1, 0.15) is 17.2 Å². The van der Waals surface area contributed by atoms with Crippen LogP contribution in [-0.2, 0) is 0 Å². The van der Waals surface area contributed by atoms with E-state index in [4.69, 9.17) is 28.5 Å². The first-order valence-electron chi connectivity index (χ1n) is 6.48. The zero-order valence-corrected chi connectivity index (χ0v) is 13.2. The van der Waals surface area contributed by atoms with Crippen molar-refractivity contribution < 1.29 is 10.0 Å². The lowest BCUT2D eigenvalue weighted by atomic mass is 10.1. The molecule has 0 aromatic heterocycles. The number of hydrogen-bond acceptors (Lipinski definition) is 5. The highest BCUT2D eigenvalue weighted by Gasteiger charge is 2.18. The van der Waals surface area contributed by atoms with Gasteiger partial charge in [-0.3, -0.25) is 10.1 Å². The molecule has 0 radical (unpaired) electrons. The van der Waals surface area contributed by atoms with Gasteiger partial charge in [-0.05, 0) is 24.3 Å². The first-order chi connectivity index (χ1) is 10.9. The summed E-state index contributed by atoms with van der Waals surface area (Å²) >= 11 is 12.0. The largest absolute Gasteiger partial charge is 0.386 e. The Morgan fingerprint density at radius 1 is 1.30 bits per heavy atom. The second-order valence-electron chi connectivity index (χ2n) is 4.63. The van der Waals surface area contributed by atoms with Crippen molar-refractivity contribution in [2.45, 2.75) is 6.10 Å². The van der Waals surface area contributed by atoms with Crippen LogP contribution in [0.4, 0.5) is 11.4 Å². The molecule has 0 fully saturated rings. The molecule has 0 amide bonds. The van der Waals surface area contributed by atoms with E-state index in [0.29, 0.717) is 15.6 Å². The lowest BCUT2D eigenvalue weighted by Gasteiger charge is -2.16. The Morgan fingerprint density at radius 3 is 2.52 bits per heavy atom. The standard InChI is InChI=1S/C15H11Cl2N3O3/c16-10-2-1-3-11(17)15(10)14(21)8-19-12-5-4-9(7-18)6-13(12)20(22)23/h1-6,14,19,21H,8H2. The van der Waals surface area contributed by atoms with Crippen LogP contribution < -0.4 is 5.32 Å². The van der Waals surface area contributed by atoms with E-state index in [0.717, 1.165) is 6.07 Å². The number of nitro benzene ring substituents is 1. The van der Waals surface area contributed by atoms with Crippen molar-refractivity contribution >= 4 is 34.6 Å². The third kappa shape index (κ3) is 3.90. The Bertz CT molecular complexity index is 770. The summed E-state index contributed by atoms with van der Waals surface area (Å²) in [6.45, 7) is -0.0316. The van der Waals surface area contributed by atoms with E-state index < -0.39 is 11.0 Å². The van der Waals surface area contributed by atoms with Crippen LogP contribution >= 0.6 is 23.2 Å². The maximum Gasteiger partial charge on any atom is 0.293 e. The zero-order chi connectivity index (χ0) is 17.0. The van der Waals surface area contributed by atoms with Crippen LogP contribution in [0.3, 0.4) is 0 Å². The van der Waals surface area contributed by atoms with Gasteiger partial charge in [0.05, 0.1) is 22.7 Å². The molecule has 1 atom stereocenters. The molecule has 0 heterocycles. The maximum atomic E-state index is 11.1. The summed E-state index contributed by atoms with van der Waals surface area (Å²) in [5, 5.41) is 33.5. The summed E-state index contributed by atoms with van der Waals surface area (Å²) in [6.07, 6.45) is -1.05. The summed E-state index contributed by atoms with van der Waals surface area (Å²) in [7, 11) is 0. The summed E-state index contributed by atoms with van der Waals surface area (Å²) in [4.78, 5) is 10.5. The van der Waals surface area contributed by atoms with Gasteiger partial charge in [-0.15, -0.1) is 0 Å². The van der Waals surface area contributed by atoms with E-state index in [1.165, 1.54) is 12.1 Å². The molecule has 1 unspecified atom stereocenters. The first-order valence-corrected chi connectivity index (χ1v) is 7.24. The number of nitrogens with one attached hydrogen (secondary N) is 1. The van der Waals surface area contributed by atoms with Crippen LogP contribution in [0.5, 0.6) is 0 Å². The van der Waals surface area contributed by atoms with Gasteiger partial charge in [0, 0.05) is 28.2 Å². The third-order valence-corrected chi connectivity index (χ3v) is 3.80. The number of hydrogen-bond donors (Lipinski definition) is 2. The summed E-state index contributed by atoms with van der Waals surface area (Å²) in [6, 6.07) is 10.7. The second-order valence-corrected chi connectivity index (χ2v) is 5.45. The van der Waals surface area contributed by atoms with Crippen LogP contribution in [0, 0.1) is 21.4 Å². The molecular formula is C15H11Cl2N3O3. The minimum Gasteiger partial charge on any atom is -0.386 e. The molecule has 118 valence electrons. The van der Waals surface area contributed by atoms with Gasteiger partial charge in [0.25, 0.3) is 5.69 Å². The van der Waals surface area contributed by atoms with Crippen molar-refractivity contribution in [2.75, 3.05) is 11.9 Å². The van der Waals surface area contributed by atoms with Gasteiger partial charge in [-0.1, -0.05) is 29.3 Å². The molecule has 0 aliphatic rings. The number of rotatable bonds is 5. The van der Waals surface area contributed by atoms with Crippen LogP contribution in [-0.4, -0.2) is 16.6 Å². The Balaban J connectivity index is 2.21. The number of halogens is 2. The fourth-order valence-corrected chi connectivity index (χ4v) is 2.69. The Labute approximate surface area is 142 Å². The number of benzene rings is 2. The minimum atomic E-state index is -1.05. The molecule has 2 rings (SSSR count). The van der Waals surface area contributed by atoms with E-state index in [2.05, 4.69) is 5.32 Å². The lowest BCUT2D eigenvalue weighted by Crippen LogP contribution is -2.14. The first kappa shape index (κ1) is 17.0. The lowest BCUT2D eigenvalue weighted by molar-refractivity contribution is -0.384. The monoisotopic (exact) mass is 351 g/mol. The average Bonchev–Trinajstić information content (AvgIpc) is 2.52. The predicted octanol–water partition coefficient (Wildman–Crippen LogP) is 3.92. The normalized spacial score (nSPS) is 11.6. The van der Waals surface area contributed by atoms with Crippen LogP contribution in [0.25, 0.3) is 0 Å². The van der Waals surface area contributed by atoms with Crippen molar-refractivity contribution in [3.8, 4) is 6.07 Å². The van der Waals surface area contributed by atoms with Crippen LogP contribution in [0.15, 0.2) is 36.4 Å². The summed E-state index contributed by atoms with van der Waals surface area (Å²) < 4.78 is 0. The molecule has 0 saturated heterocycles. The summed E-state index contributed by atoms with van der Waals surface area (Å²) in [5.41, 5.74) is 0.467. The van der Waals surface area contributed by atoms with Gasteiger partial charge in [0.15, 0.2) is 0 Å². The highest BCUT2D eigenvalue weighted by molar-refractivity contribution is 6.36. The summed E-state index contributed by atoms with van der Waals surface area (Å²) in [5.74, 6) is 0. The Kier molecular flexibility index (Phi) is 5.40. The van der Waals surface area contributed by atoms with E-state index in [-0.39, 0.29) is 23.5 Å². The molecule has 0 spiro atoms. The molecule has 0 saturated carbocycles. The smallest absolute Gasteiger partial charge is 0.293 e. The van der Waals surface area contributed by atoms with Gasteiger partial charge in [0.2, 0.25) is 0 Å². The molecule has 0 bridgehead atoms. The second kappa shape index (κ2) is 7.29. The highest BCUT2D eigenvalue weighted by atomic mass is 35.5. The number of aliphatic hydroxyl groups excluding tert-OH is 1. The van der Waals surface area contributed by atoms with Crippen molar-refractivity contribution in [1.29, 1.82) is 5.26 Å². The molecule has 0 aliphatic carbocycles. The molecule has 0 aliphatic heterocycles. The number of nitriles is 1. The molecule has 8 heteroatoms. The zero-order valence-electron chi connectivity index (χ0n) is 11.7. The van der Waals surface area contributed by atoms with E-state index in [1.54, 1.807) is 18.2 Å². The van der Waals surface area contributed by atoms with Crippen LogP contribution in [0.2, 0.25) is 10.0 Å². The van der Waals surface area contributed by atoms with Gasteiger partial charge >= 0.3 is 0 Å². The maximum absolute atomic E-state index is 11.1. The number of aliphatic hydroxyl groups is 1. The van der Waals surface area contributed by atoms with Crippen molar-refractivity contribution in [3.63, 3.8) is 0 Å². The topological polar surface area (TPSA) is 99.2 Å². The van der Waals surface area contributed by atoms with E-state index >= 15 is 0 Å². The van der Waals surface area contributed by atoms with E-state index in [1.807, 2.05) is 6.07 Å². The Hall–Kier alpha value is -2.33. The van der Waals surface area contributed by atoms with Crippen molar-refractivity contribution in [3.05, 3.63) is 67.7 Å². The van der Waals surface area contributed by atoms with E-state index in [9.17, 15) is 15.2 Å². The van der Waals surface area contributed by atoms with Crippen molar-refractivity contribution in [2.24, 2.45) is 0 Å². The minimum absolute atomic E-state index is 0.0316. The quantitative estimate of drug-likeness (QED) is 0.628. The SMILES string of the molecule is N#Cc1ccc(NCC(O)c2c(Cl)cccc2Cl)c([N+](=O)[O-])c1. The average molecular weight is 352 g/mol. The fourth-order valence-electron chi connectivity index (χ4n) is 2.04.